The van der Waals surface area contributed by atoms with Crippen LogP contribution in [0.25, 0.3) is 0 Å². The second kappa shape index (κ2) is 5.12. The number of carbonyl (C=O) groups is 1. The Morgan fingerprint density at radius 2 is 2.44 bits per heavy atom. The highest BCUT2D eigenvalue weighted by Crippen LogP contribution is 2.08. The third-order valence-electron chi connectivity index (χ3n) is 2.88. The summed E-state index contributed by atoms with van der Waals surface area (Å²) in [6.45, 7) is 5.37. The van der Waals surface area contributed by atoms with Crippen molar-refractivity contribution in [3.05, 3.63) is 17.5 Å². The van der Waals surface area contributed by atoms with Crippen LogP contribution in [0.3, 0.4) is 0 Å². The highest BCUT2D eigenvalue weighted by Gasteiger charge is 2.17. The van der Waals surface area contributed by atoms with Crippen molar-refractivity contribution >= 4 is 5.91 Å². The molecule has 1 aliphatic heterocycles. The molecule has 0 aliphatic carbocycles. The van der Waals surface area contributed by atoms with Crippen molar-refractivity contribution in [3.8, 4) is 0 Å². The van der Waals surface area contributed by atoms with Crippen molar-refractivity contribution in [2.24, 2.45) is 0 Å². The molecule has 2 rings (SSSR count). The normalized spacial score (nSPS) is 17.2. The molecule has 1 aromatic heterocycles. The van der Waals surface area contributed by atoms with Crippen LogP contribution in [-0.4, -0.2) is 42.1 Å². The lowest BCUT2D eigenvalue weighted by Gasteiger charge is -2.19. The van der Waals surface area contributed by atoms with Crippen LogP contribution in [-0.2, 0) is 11.2 Å². The monoisotopic (exact) mass is 223 g/mol. The number of carbonyl (C=O) groups excluding carboxylic acids is 1. The van der Waals surface area contributed by atoms with E-state index in [0.717, 1.165) is 43.9 Å². The zero-order valence-corrected chi connectivity index (χ0v) is 9.53. The van der Waals surface area contributed by atoms with Gasteiger partial charge in [-0.3, -0.25) is 4.79 Å². The van der Waals surface area contributed by atoms with Gasteiger partial charge in [-0.15, -0.1) is 0 Å². The van der Waals surface area contributed by atoms with Crippen LogP contribution < -0.4 is 5.32 Å². The first kappa shape index (κ1) is 11.1. The molecule has 5 nitrogen and oxygen atoms in total. The smallest absolute Gasteiger partial charge is 0.227 e. The first-order valence-electron chi connectivity index (χ1n) is 5.65. The Hall–Kier alpha value is -1.36. The molecular formula is C11H17N3O2. The summed E-state index contributed by atoms with van der Waals surface area (Å²) < 4.78 is 4.83. The average Bonchev–Trinajstić information content (AvgIpc) is 2.57. The van der Waals surface area contributed by atoms with Gasteiger partial charge in [-0.1, -0.05) is 5.16 Å². The van der Waals surface area contributed by atoms with Gasteiger partial charge in [-0.2, -0.15) is 0 Å². The van der Waals surface area contributed by atoms with Crippen LogP contribution in [0.1, 0.15) is 17.7 Å². The fourth-order valence-electron chi connectivity index (χ4n) is 1.85. The van der Waals surface area contributed by atoms with E-state index in [1.165, 1.54) is 0 Å². The van der Waals surface area contributed by atoms with Crippen LogP contribution in [0.5, 0.6) is 0 Å². The van der Waals surface area contributed by atoms with Gasteiger partial charge in [0.25, 0.3) is 0 Å². The molecule has 16 heavy (non-hydrogen) atoms. The third-order valence-corrected chi connectivity index (χ3v) is 2.88. The fraction of sp³-hybridized carbons (Fsp3) is 0.636. The Morgan fingerprint density at radius 3 is 3.19 bits per heavy atom. The highest BCUT2D eigenvalue weighted by molar-refractivity contribution is 5.78. The molecule has 0 radical (unpaired) electrons. The van der Waals surface area contributed by atoms with E-state index >= 15 is 0 Å². The van der Waals surface area contributed by atoms with Crippen molar-refractivity contribution in [2.45, 2.75) is 19.8 Å². The zero-order valence-electron chi connectivity index (χ0n) is 9.53. The molecule has 1 N–H and O–H groups in total. The lowest BCUT2D eigenvalue weighted by molar-refractivity contribution is -0.130. The van der Waals surface area contributed by atoms with Gasteiger partial charge in [-0.25, -0.2) is 0 Å². The van der Waals surface area contributed by atoms with E-state index in [1.54, 1.807) is 6.26 Å². The summed E-state index contributed by atoms with van der Waals surface area (Å²) in [5, 5.41) is 7.05. The second-order valence-electron chi connectivity index (χ2n) is 4.09. The number of hydrogen-bond acceptors (Lipinski definition) is 4. The van der Waals surface area contributed by atoms with Crippen LogP contribution >= 0.6 is 0 Å². The van der Waals surface area contributed by atoms with Crippen molar-refractivity contribution in [2.75, 3.05) is 26.2 Å². The maximum atomic E-state index is 12.0. The number of hydrogen-bond donors (Lipinski definition) is 1. The van der Waals surface area contributed by atoms with E-state index in [2.05, 4.69) is 10.5 Å². The van der Waals surface area contributed by atoms with E-state index in [-0.39, 0.29) is 5.91 Å². The van der Waals surface area contributed by atoms with Gasteiger partial charge in [0.2, 0.25) is 5.91 Å². The summed E-state index contributed by atoms with van der Waals surface area (Å²) >= 11 is 0. The summed E-state index contributed by atoms with van der Waals surface area (Å²) in [4.78, 5) is 13.9. The van der Waals surface area contributed by atoms with Crippen molar-refractivity contribution in [1.82, 2.24) is 15.4 Å². The number of aryl methyl sites for hydroxylation is 1. The maximum Gasteiger partial charge on any atom is 0.227 e. The minimum Gasteiger partial charge on any atom is -0.364 e. The summed E-state index contributed by atoms with van der Waals surface area (Å²) in [6.07, 6.45) is 2.98. The molecule has 5 heteroatoms. The number of aromatic nitrogens is 1. The second-order valence-corrected chi connectivity index (χ2v) is 4.09. The van der Waals surface area contributed by atoms with E-state index < -0.39 is 0 Å². The quantitative estimate of drug-likeness (QED) is 0.786. The molecule has 1 amide bonds. The van der Waals surface area contributed by atoms with Crippen LogP contribution in [0, 0.1) is 6.92 Å². The lowest BCUT2D eigenvalue weighted by Crippen LogP contribution is -2.35. The van der Waals surface area contributed by atoms with Gasteiger partial charge < -0.3 is 14.7 Å². The molecule has 0 aromatic carbocycles. The first-order chi connectivity index (χ1) is 7.77. The molecule has 2 heterocycles. The third kappa shape index (κ3) is 2.61. The molecule has 1 fully saturated rings. The molecule has 0 bridgehead atoms. The molecule has 0 unspecified atom stereocenters. The average molecular weight is 223 g/mol. The van der Waals surface area contributed by atoms with Gasteiger partial charge in [0.1, 0.15) is 6.26 Å². The molecule has 88 valence electrons. The summed E-state index contributed by atoms with van der Waals surface area (Å²) in [7, 11) is 0. The SMILES string of the molecule is Cc1nocc1CC(=O)N1CCCNCC1. The first-order valence-corrected chi connectivity index (χ1v) is 5.65. The molecule has 1 aliphatic rings. The number of nitrogens with zero attached hydrogens (tertiary/aromatic N) is 2. The zero-order chi connectivity index (χ0) is 11.4. The van der Waals surface area contributed by atoms with Gasteiger partial charge in [0.15, 0.2) is 0 Å². The predicted octanol–water partition coefficient (Wildman–Crippen LogP) is 0.347. The van der Waals surface area contributed by atoms with E-state index in [4.69, 9.17) is 4.52 Å². The minimum absolute atomic E-state index is 0.162. The molecule has 0 spiro atoms. The molecule has 1 aromatic rings. The maximum absolute atomic E-state index is 12.0. The van der Waals surface area contributed by atoms with E-state index in [0.29, 0.717) is 6.42 Å². The summed E-state index contributed by atoms with van der Waals surface area (Å²) in [5.74, 6) is 0.162. The molecular weight excluding hydrogens is 206 g/mol. The van der Waals surface area contributed by atoms with Gasteiger partial charge in [0, 0.05) is 25.2 Å². The van der Waals surface area contributed by atoms with Gasteiger partial charge in [0.05, 0.1) is 12.1 Å². The largest absolute Gasteiger partial charge is 0.364 e. The van der Waals surface area contributed by atoms with E-state index in [9.17, 15) is 4.79 Å². The molecule has 0 saturated carbocycles. The number of amides is 1. The summed E-state index contributed by atoms with van der Waals surface area (Å²) in [5.41, 5.74) is 1.70. The Bertz CT molecular complexity index is 354. The number of nitrogens with one attached hydrogen (secondary N) is 1. The van der Waals surface area contributed by atoms with Gasteiger partial charge >= 0.3 is 0 Å². The van der Waals surface area contributed by atoms with Crippen LogP contribution in [0.4, 0.5) is 0 Å². The fourth-order valence-corrected chi connectivity index (χ4v) is 1.85. The Labute approximate surface area is 94.8 Å². The minimum atomic E-state index is 0.162. The Balaban J connectivity index is 1.94. The van der Waals surface area contributed by atoms with Gasteiger partial charge in [-0.05, 0) is 19.9 Å². The van der Waals surface area contributed by atoms with Crippen LogP contribution in [0.15, 0.2) is 10.8 Å². The van der Waals surface area contributed by atoms with Crippen molar-refractivity contribution < 1.29 is 9.32 Å². The van der Waals surface area contributed by atoms with Crippen LogP contribution in [0.2, 0.25) is 0 Å². The van der Waals surface area contributed by atoms with E-state index in [1.807, 2.05) is 11.8 Å². The lowest BCUT2D eigenvalue weighted by atomic mass is 10.2. The molecule has 0 atom stereocenters. The topological polar surface area (TPSA) is 58.4 Å². The Kier molecular flexibility index (Phi) is 3.56. The highest BCUT2D eigenvalue weighted by atomic mass is 16.5. The van der Waals surface area contributed by atoms with Crippen molar-refractivity contribution in [1.29, 1.82) is 0 Å². The molecule has 1 saturated heterocycles. The Morgan fingerprint density at radius 1 is 1.56 bits per heavy atom. The van der Waals surface area contributed by atoms with Crippen molar-refractivity contribution in [3.63, 3.8) is 0 Å². The standard InChI is InChI=1S/C11H17N3O2/c1-9-10(8-16-13-9)7-11(15)14-5-2-3-12-4-6-14/h8,12H,2-7H2,1H3. The summed E-state index contributed by atoms with van der Waals surface area (Å²) in [6, 6.07) is 0. The number of rotatable bonds is 2. The predicted molar refractivity (Wildman–Crippen MR) is 59.0 cm³/mol.